The summed E-state index contributed by atoms with van der Waals surface area (Å²) in [5.74, 6) is -0.607. The highest BCUT2D eigenvalue weighted by Crippen LogP contribution is 2.36. The van der Waals surface area contributed by atoms with Gasteiger partial charge in [-0.05, 0) is 18.2 Å². The van der Waals surface area contributed by atoms with E-state index in [1.165, 1.54) is 31.5 Å². The van der Waals surface area contributed by atoms with Crippen LogP contribution in [-0.2, 0) is 0 Å². The molecule has 0 bridgehead atoms. The first kappa shape index (κ1) is 18.1. The number of methoxy groups -OCH3 is 1. The highest BCUT2D eigenvalue weighted by atomic mass is 35.5. The van der Waals surface area contributed by atoms with Crippen LogP contribution in [0.2, 0.25) is 15.1 Å². The monoisotopic (exact) mass is 389 g/mol. The molecule has 7 nitrogen and oxygen atoms in total. The van der Waals surface area contributed by atoms with Gasteiger partial charge in [-0.25, -0.2) is 0 Å². The molecular weight excluding hydrogens is 381 g/mol. The number of anilines is 1. The van der Waals surface area contributed by atoms with Crippen molar-refractivity contribution in [2.75, 3.05) is 12.5 Å². The number of nitrogens with zero attached hydrogens (tertiary/aromatic N) is 2. The molecule has 0 aliphatic heterocycles. The molecule has 0 unspecified atom stereocenters. The van der Waals surface area contributed by atoms with Crippen molar-refractivity contribution >= 4 is 52.4 Å². The summed E-state index contributed by atoms with van der Waals surface area (Å²) in [5.41, 5.74) is 2.79. The van der Waals surface area contributed by atoms with E-state index in [9.17, 15) is 15.2 Å². The Morgan fingerprint density at radius 1 is 1.25 bits per heavy atom. The number of nitro benzene ring substituents is 1. The molecule has 2 rings (SSSR count). The Morgan fingerprint density at radius 2 is 1.88 bits per heavy atom. The van der Waals surface area contributed by atoms with Crippen molar-refractivity contribution in [1.82, 2.24) is 0 Å². The van der Waals surface area contributed by atoms with Crippen molar-refractivity contribution in [1.29, 1.82) is 0 Å². The Bertz CT molecular complexity index is 804. The Kier molecular flexibility index (Phi) is 5.71. The minimum Gasteiger partial charge on any atom is -0.500 e. The van der Waals surface area contributed by atoms with Crippen LogP contribution in [0.3, 0.4) is 0 Å². The molecule has 10 heteroatoms. The number of hydrogen-bond acceptors (Lipinski definition) is 6. The van der Waals surface area contributed by atoms with Crippen LogP contribution in [0.15, 0.2) is 29.4 Å². The van der Waals surface area contributed by atoms with E-state index in [0.29, 0.717) is 16.3 Å². The fraction of sp³-hybridized carbons (Fsp3) is 0.0714. The van der Waals surface area contributed by atoms with Gasteiger partial charge in [0.25, 0.3) is 0 Å². The molecule has 2 N–H and O–H groups in total. The molecule has 0 fully saturated rings. The number of aromatic hydroxyl groups is 1. The highest BCUT2D eigenvalue weighted by molar-refractivity contribution is 6.41. The van der Waals surface area contributed by atoms with Gasteiger partial charge in [-0.15, -0.1) is 0 Å². The second-order valence-electron chi connectivity index (χ2n) is 4.46. The number of rotatable bonds is 5. The number of ether oxygens (including phenoxy) is 1. The van der Waals surface area contributed by atoms with Gasteiger partial charge in [0.2, 0.25) is 5.75 Å². The van der Waals surface area contributed by atoms with Gasteiger partial charge in [0, 0.05) is 16.7 Å². The molecule has 24 heavy (non-hydrogen) atoms. The van der Waals surface area contributed by atoms with Gasteiger partial charge in [-0.2, -0.15) is 5.10 Å². The molecule has 0 heterocycles. The number of benzene rings is 2. The summed E-state index contributed by atoms with van der Waals surface area (Å²) in [5, 5.41) is 25.5. The molecule has 0 atom stereocenters. The van der Waals surface area contributed by atoms with Crippen molar-refractivity contribution in [3.8, 4) is 11.5 Å². The predicted octanol–water partition coefficient (Wildman–Crippen LogP) is 4.72. The van der Waals surface area contributed by atoms with Crippen LogP contribution in [0, 0.1) is 10.1 Å². The van der Waals surface area contributed by atoms with Crippen LogP contribution in [0.1, 0.15) is 5.56 Å². The van der Waals surface area contributed by atoms with Gasteiger partial charge in [0.1, 0.15) is 0 Å². The third-order valence-electron chi connectivity index (χ3n) is 2.89. The largest absolute Gasteiger partial charge is 0.500 e. The van der Waals surface area contributed by atoms with E-state index in [1.807, 2.05) is 0 Å². The minimum atomic E-state index is -0.727. The normalized spacial score (nSPS) is 10.8. The molecule has 0 aliphatic rings. The van der Waals surface area contributed by atoms with E-state index < -0.39 is 16.4 Å². The second kappa shape index (κ2) is 7.57. The van der Waals surface area contributed by atoms with Crippen molar-refractivity contribution in [3.63, 3.8) is 0 Å². The first-order chi connectivity index (χ1) is 11.3. The molecule has 0 aromatic heterocycles. The van der Waals surface area contributed by atoms with Crippen LogP contribution in [0.4, 0.5) is 11.4 Å². The fourth-order valence-corrected chi connectivity index (χ4v) is 2.71. The Morgan fingerprint density at radius 3 is 2.42 bits per heavy atom. The first-order valence-electron chi connectivity index (χ1n) is 6.32. The van der Waals surface area contributed by atoms with Crippen LogP contribution >= 0.6 is 34.8 Å². The van der Waals surface area contributed by atoms with E-state index in [1.54, 1.807) is 0 Å². The number of phenols is 1. The Balaban J connectivity index is 2.30. The summed E-state index contributed by atoms with van der Waals surface area (Å²) in [6, 6.07) is 5.51. The summed E-state index contributed by atoms with van der Waals surface area (Å²) in [4.78, 5) is 10.2. The molecule has 0 aliphatic carbocycles. The van der Waals surface area contributed by atoms with Gasteiger partial charge < -0.3 is 9.84 Å². The van der Waals surface area contributed by atoms with E-state index in [2.05, 4.69) is 10.5 Å². The zero-order valence-corrected chi connectivity index (χ0v) is 14.4. The zero-order chi connectivity index (χ0) is 17.9. The molecule has 2 aromatic rings. The molecule has 0 saturated carbocycles. The average molecular weight is 391 g/mol. The van der Waals surface area contributed by atoms with E-state index >= 15 is 0 Å². The van der Waals surface area contributed by atoms with Crippen LogP contribution in [0.25, 0.3) is 0 Å². The van der Waals surface area contributed by atoms with Crippen LogP contribution in [-0.4, -0.2) is 23.4 Å². The average Bonchev–Trinajstić information content (AvgIpc) is 2.50. The molecule has 126 valence electrons. The topological polar surface area (TPSA) is 97.0 Å². The number of hydrazone groups is 1. The molecule has 0 saturated heterocycles. The van der Waals surface area contributed by atoms with Crippen LogP contribution < -0.4 is 10.2 Å². The molecule has 2 aromatic carbocycles. The number of nitrogens with one attached hydrogen (secondary N) is 1. The lowest BCUT2D eigenvalue weighted by Gasteiger charge is -2.07. The number of nitro groups is 1. The molecule has 0 spiro atoms. The SMILES string of the molecule is COc1cc(/C=N\Nc2c(Cl)cc(Cl)cc2Cl)cc([N+](=O)[O-])c1O. The highest BCUT2D eigenvalue weighted by Gasteiger charge is 2.19. The summed E-state index contributed by atoms with van der Waals surface area (Å²) in [6.07, 6.45) is 1.29. The number of phenolic OH excluding ortho intramolecular Hbond substituents is 1. The second-order valence-corrected chi connectivity index (χ2v) is 5.71. The molecule has 0 amide bonds. The summed E-state index contributed by atoms with van der Waals surface area (Å²) in [6.45, 7) is 0. The van der Waals surface area contributed by atoms with Gasteiger partial charge in [0.15, 0.2) is 5.75 Å². The lowest BCUT2D eigenvalue weighted by atomic mass is 10.2. The van der Waals surface area contributed by atoms with Gasteiger partial charge in [-0.3, -0.25) is 15.5 Å². The first-order valence-corrected chi connectivity index (χ1v) is 7.46. The lowest BCUT2D eigenvalue weighted by Crippen LogP contribution is -1.96. The van der Waals surface area contributed by atoms with Crippen molar-refractivity contribution in [3.05, 3.63) is 55.0 Å². The van der Waals surface area contributed by atoms with E-state index in [-0.39, 0.29) is 15.8 Å². The van der Waals surface area contributed by atoms with E-state index in [4.69, 9.17) is 39.5 Å². The maximum absolute atomic E-state index is 10.9. The third kappa shape index (κ3) is 4.00. The number of halogens is 3. The number of hydrogen-bond donors (Lipinski definition) is 2. The quantitative estimate of drug-likeness (QED) is 0.437. The maximum atomic E-state index is 10.9. The van der Waals surface area contributed by atoms with Gasteiger partial charge >= 0.3 is 5.69 Å². The maximum Gasteiger partial charge on any atom is 0.315 e. The van der Waals surface area contributed by atoms with Crippen molar-refractivity contribution < 1.29 is 14.8 Å². The van der Waals surface area contributed by atoms with Gasteiger partial charge in [-0.1, -0.05) is 34.8 Å². The minimum absolute atomic E-state index is 0.0480. The fourth-order valence-electron chi connectivity index (χ4n) is 1.80. The third-order valence-corrected chi connectivity index (χ3v) is 3.71. The molecule has 0 radical (unpaired) electrons. The Hall–Kier alpha value is -2.22. The predicted molar refractivity (Wildman–Crippen MR) is 94.0 cm³/mol. The smallest absolute Gasteiger partial charge is 0.315 e. The zero-order valence-electron chi connectivity index (χ0n) is 12.1. The van der Waals surface area contributed by atoms with E-state index in [0.717, 1.165) is 6.07 Å². The Labute approximate surface area is 151 Å². The van der Waals surface area contributed by atoms with Gasteiger partial charge in [0.05, 0.1) is 34.0 Å². The van der Waals surface area contributed by atoms with Crippen molar-refractivity contribution in [2.45, 2.75) is 0 Å². The van der Waals surface area contributed by atoms with Crippen LogP contribution in [0.5, 0.6) is 11.5 Å². The standard InChI is InChI=1S/C14H10Cl3N3O4/c1-24-12-3-7(2-11(14(12)21)20(22)23)6-18-19-13-9(16)4-8(15)5-10(13)17/h2-6,19,21H,1H3/b18-6-. The summed E-state index contributed by atoms with van der Waals surface area (Å²) in [7, 11) is 1.28. The summed E-state index contributed by atoms with van der Waals surface area (Å²) >= 11 is 17.8. The summed E-state index contributed by atoms with van der Waals surface area (Å²) < 4.78 is 4.90. The lowest BCUT2D eigenvalue weighted by molar-refractivity contribution is -0.386. The molecular formula is C14H10Cl3N3O4. The van der Waals surface area contributed by atoms with Crippen molar-refractivity contribution in [2.24, 2.45) is 5.10 Å².